The summed E-state index contributed by atoms with van der Waals surface area (Å²) in [5, 5.41) is 4.36. The van der Waals surface area contributed by atoms with Crippen molar-refractivity contribution in [1.82, 2.24) is 0 Å². The van der Waals surface area contributed by atoms with Crippen molar-refractivity contribution < 1.29 is 9.59 Å². The summed E-state index contributed by atoms with van der Waals surface area (Å²) in [6.45, 7) is 10.7. The minimum atomic E-state index is -0.532. The lowest BCUT2D eigenvalue weighted by Gasteiger charge is -2.30. The van der Waals surface area contributed by atoms with Crippen molar-refractivity contribution in [1.29, 1.82) is 0 Å². The van der Waals surface area contributed by atoms with E-state index in [0.29, 0.717) is 0 Å². The summed E-state index contributed by atoms with van der Waals surface area (Å²) in [6.07, 6.45) is 3.49. The third kappa shape index (κ3) is 4.18. The monoisotopic (exact) mass is 669 g/mol. The van der Waals surface area contributed by atoms with Crippen LogP contribution in [-0.4, -0.2) is 11.6 Å². The van der Waals surface area contributed by atoms with E-state index in [1.165, 1.54) is 16.5 Å². The van der Waals surface area contributed by atoms with Gasteiger partial charge in [0.2, 0.25) is 0 Å². The third-order valence-corrected chi connectivity index (χ3v) is 10.9. The van der Waals surface area contributed by atoms with Crippen LogP contribution in [0.2, 0.25) is 20.1 Å². The molecule has 0 aromatic heterocycles. The molecule has 0 saturated carbocycles. The molecule has 7 rings (SSSR count). The van der Waals surface area contributed by atoms with Crippen molar-refractivity contribution in [3.05, 3.63) is 138 Å². The molecule has 224 valence electrons. The molecule has 0 atom stereocenters. The fraction of sp³-hybridized carbons (Fsp3) is 0.158. The van der Waals surface area contributed by atoms with Crippen molar-refractivity contribution in [2.75, 3.05) is 4.90 Å². The molecule has 0 spiro atoms. The Morgan fingerprint density at radius 2 is 1.09 bits per heavy atom. The fourth-order valence-corrected chi connectivity index (χ4v) is 8.32. The molecule has 0 fully saturated rings. The summed E-state index contributed by atoms with van der Waals surface area (Å²) in [5.74, 6) is -1.06. The SMILES string of the molecule is Cc1cc(C)c(N2/C(=C/C=C3C(=O)c4c(Cl)c(Cl)c(Cl)c(Cl)c4C3=O)C(C)(C)c3c2c2ccccc2c2ccccc32)c(C)c1. The summed E-state index contributed by atoms with van der Waals surface area (Å²) in [6, 6.07) is 21.3. The van der Waals surface area contributed by atoms with Crippen LogP contribution in [0, 0.1) is 20.8 Å². The minimum Gasteiger partial charge on any atom is -0.312 e. The highest BCUT2D eigenvalue weighted by Crippen LogP contribution is 2.58. The number of aryl methyl sites for hydroxylation is 3. The molecule has 45 heavy (non-hydrogen) atoms. The maximum absolute atomic E-state index is 13.7. The predicted octanol–water partition coefficient (Wildman–Crippen LogP) is 11.9. The Morgan fingerprint density at radius 3 is 1.62 bits per heavy atom. The topological polar surface area (TPSA) is 37.4 Å². The molecule has 0 radical (unpaired) electrons. The molecule has 0 amide bonds. The van der Waals surface area contributed by atoms with Crippen molar-refractivity contribution in [2.45, 2.75) is 40.0 Å². The van der Waals surface area contributed by atoms with Gasteiger partial charge in [-0.3, -0.25) is 9.59 Å². The van der Waals surface area contributed by atoms with Gasteiger partial charge in [0.25, 0.3) is 0 Å². The van der Waals surface area contributed by atoms with E-state index in [1.54, 1.807) is 6.08 Å². The summed E-state index contributed by atoms with van der Waals surface area (Å²) < 4.78 is 0. The molecule has 5 aromatic rings. The summed E-state index contributed by atoms with van der Waals surface area (Å²) in [5.41, 5.74) is 7.07. The smallest absolute Gasteiger partial charge is 0.199 e. The first-order chi connectivity index (χ1) is 21.4. The largest absolute Gasteiger partial charge is 0.312 e. The summed E-state index contributed by atoms with van der Waals surface area (Å²) >= 11 is 25.4. The van der Waals surface area contributed by atoms with Crippen LogP contribution in [0.5, 0.6) is 0 Å². The number of rotatable bonds is 2. The highest BCUT2D eigenvalue weighted by atomic mass is 35.5. The number of allylic oxidation sites excluding steroid dienone is 4. The number of benzene rings is 5. The Hall–Kier alpha value is -3.60. The predicted molar refractivity (Wildman–Crippen MR) is 189 cm³/mol. The second-order valence-electron chi connectivity index (χ2n) is 12.3. The number of halogens is 4. The summed E-state index contributed by atoms with van der Waals surface area (Å²) in [4.78, 5) is 29.7. The second-order valence-corrected chi connectivity index (χ2v) is 13.8. The Kier molecular flexibility index (Phi) is 7.00. The molecule has 0 saturated heterocycles. The van der Waals surface area contributed by atoms with E-state index in [1.807, 2.05) is 6.08 Å². The quantitative estimate of drug-likeness (QED) is 0.0616. The lowest BCUT2D eigenvalue weighted by atomic mass is 9.79. The number of anilines is 2. The Morgan fingerprint density at radius 1 is 0.622 bits per heavy atom. The summed E-state index contributed by atoms with van der Waals surface area (Å²) in [7, 11) is 0. The van der Waals surface area contributed by atoms with Gasteiger partial charge in [-0.15, -0.1) is 0 Å². The number of nitrogens with zero attached hydrogens (tertiary/aromatic N) is 1. The molecule has 5 aromatic carbocycles. The van der Waals surface area contributed by atoms with Gasteiger partial charge >= 0.3 is 0 Å². The normalized spacial score (nSPS) is 16.3. The van der Waals surface area contributed by atoms with Crippen molar-refractivity contribution >= 4 is 90.9 Å². The zero-order valence-corrected chi connectivity index (χ0v) is 28.2. The molecule has 3 nitrogen and oxygen atoms in total. The molecule has 1 heterocycles. The van der Waals surface area contributed by atoms with E-state index in [0.717, 1.165) is 44.4 Å². The van der Waals surface area contributed by atoms with E-state index >= 15 is 0 Å². The Bertz CT molecular complexity index is 2190. The Balaban J connectivity index is 1.55. The first-order valence-corrected chi connectivity index (χ1v) is 16.1. The molecule has 0 unspecified atom stereocenters. The van der Waals surface area contributed by atoms with Gasteiger partial charge in [0.15, 0.2) is 11.6 Å². The number of hydrogen-bond donors (Lipinski definition) is 0. The van der Waals surface area contributed by atoms with Crippen LogP contribution >= 0.6 is 46.4 Å². The van der Waals surface area contributed by atoms with Crippen LogP contribution in [0.1, 0.15) is 56.8 Å². The van der Waals surface area contributed by atoms with Crippen LogP contribution in [-0.2, 0) is 5.41 Å². The highest BCUT2D eigenvalue weighted by Gasteiger charge is 2.45. The molecule has 1 aliphatic carbocycles. The van der Waals surface area contributed by atoms with Crippen molar-refractivity contribution in [2.24, 2.45) is 0 Å². The van der Waals surface area contributed by atoms with Gasteiger partial charge in [-0.05, 0) is 65.8 Å². The van der Waals surface area contributed by atoms with Gasteiger partial charge in [0, 0.05) is 16.5 Å². The van der Waals surface area contributed by atoms with Gasteiger partial charge < -0.3 is 4.90 Å². The first-order valence-electron chi connectivity index (χ1n) is 14.6. The number of carbonyl (C=O) groups excluding carboxylic acids is 2. The maximum atomic E-state index is 13.7. The highest BCUT2D eigenvalue weighted by molar-refractivity contribution is 6.57. The molecule has 1 aliphatic heterocycles. The van der Waals surface area contributed by atoms with Crippen molar-refractivity contribution in [3.8, 4) is 0 Å². The zero-order valence-electron chi connectivity index (χ0n) is 25.2. The molecular formula is C38H27Cl4NO2. The second kappa shape index (κ2) is 10.5. The third-order valence-electron chi connectivity index (χ3n) is 9.11. The van der Waals surface area contributed by atoms with Crippen LogP contribution in [0.3, 0.4) is 0 Å². The molecule has 7 heteroatoms. The van der Waals surface area contributed by atoms with E-state index < -0.39 is 17.0 Å². The number of fused-ring (bicyclic) bond motifs is 7. The van der Waals surface area contributed by atoms with Gasteiger partial charge in [0.05, 0.1) is 48.2 Å². The maximum Gasteiger partial charge on any atom is 0.199 e. The van der Waals surface area contributed by atoms with Crippen LogP contribution in [0.25, 0.3) is 21.5 Å². The van der Waals surface area contributed by atoms with Gasteiger partial charge in [0.1, 0.15) is 0 Å². The number of ketones is 2. The standard InChI is InChI=1S/C38H27Cl4NO2/c1-18-16-19(2)34(20(3)17-18)43-26(15-14-25-36(44)27-28(37(25)45)31(40)33(42)32(41)30(27)39)38(4,5)29-23-12-8-6-10-21(23)22-11-7-9-13-24(22)35(29)43/h6-17H,1-5H3/b26-15+. The lowest BCUT2D eigenvalue weighted by molar-refractivity contribution is 0.0989. The molecule has 0 N–H and O–H groups in total. The van der Waals surface area contributed by atoms with Crippen LogP contribution in [0.4, 0.5) is 11.4 Å². The molecular weight excluding hydrogens is 644 g/mol. The number of Topliss-reactive ketones (excluding diaryl/α,β-unsaturated/α-hetero) is 2. The van der Waals surface area contributed by atoms with Crippen LogP contribution < -0.4 is 4.90 Å². The van der Waals surface area contributed by atoms with Crippen molar-refractivity contribution in [3.63, 3.8) is 0 Å². The molecule has 0 bridgehead atoms. The minimum absolute atomic E-state index is 0.0150. The van der Waals surface area contributed by atoms with Gasteiger partial charge in [-0.25, -0.2) is 0 Å². The lowest BCUT2D eigenvalue weighted by Crippen LogP contribution is -2.24. The fourth-order valence-electron chi connectivity index (χ4n) is 7.30. The van der Waals surface area contributed by atoms with Crippen LogP contribution in [0.15, 0.2) is 84.1 Å². The number of carbonyl (C=O) groups is 2. The average Bonchev–Trinajstić information content (AvgIpc) is 3.39. The van der Waals surface area contributed by atoms with E-state index in [2.05, 4.69) is 100 Å². The number of hydrogen-bond acceptors (Lipinski definition) is 3. The van der Waals surface area contributed by atoms with Gasteiger partial charge in [-0.1, -0.05) is 126 Å². The molecule has 2 aliphatic rings. The van der Waals surface area contributed by atoms with E-state index in [4.69, 9.17) is 46.4 Å². The first kappa shape index (κ1) is 30.1. The zero-order chi connectivity index (χ0) is 32.1. The Labute approximate surface area is 281 Å². The van der Waals surface area contributed by atoms with E-state index in [9.17, 15) is 9.59 Å². The van der Waals surface area contributed by atoms with Gasteiger partial charge in [-0.2, -0.15) is 0 Å². The van der Waals surface area contributed by atoms with E-state index in [-0.39, 0.29) is 36.8 Å². The average molecular weight is 671 g/mol.